The summed E-state index contributed by atoms with van der Waals surface area (Å²) in [5.41, 5.74) is 2.71. The van der Waals surface area contributed by atoms with Crippen LogP contribution in [0.3, 0.4) is 0 Å². The van der Waals surface area contributed by atoms with Gasteiger partial charge >= 0.3 is 5.97 Å². The van der Waals surface area contributed by atoms with Gasteiger partial charge in [0.2, 0.25) is 0 Å². The monoisotopic (exact) mass is 283 g/mol. The molecular formula is C17H14FNO2. The summed E-state index contributed by atoms with van der Waals surface area (Å²) >= 11 is 0. The zero-order chi connectivity index (χ0) is 15.0. The Morgan fingerprint density at radius 1 is 1.24 bits per heavy atom. The highest BCUT2D eigenvalue weighted by Crippen LogP contribution is 2.21. The number of rotatable bonds is 3. The van der Waals surface area contributed by atoms with Gasteiger partial charge in [-0.15, -0.1) is 0 Å². The summed E-state index contributed by atoms with van der Waals surface area (Å²) in [6.45, 7) is 2.55. The molecule has 1 N–H and O–H groups in total. The minimum absolute atomic E-state index is 0.299. The Hall–Kier alpha value is -2.62. The molecule has 106 valence electrons. The molecule has 0 unspecified atom stereocenters. The lowest BCUT2D eigenvalue weighted by Gasteiger charge is -2.07. The second-order valence-corrected chi connectivity index (χ2v) is 5.07. The van der Waals surface area contributed by atoms with Crippen molar-refractivity contribution >= 4 is 16.9 Å². The number of nitrogens with zero attached hydrogens (tertiary/aromatic N) is 1. The van der Waals surface area contributed by atoms with E-state index in [0.29, 0.717) is 6.54 Å². The van der Waals surface area contributed by atoms with E-state index in [9.17, 15) is 9.18 Å². The first-order valence-electron chi connectivity index (χ1n) is 6.62. The van der Waals surface area contributed by atoms with Crippen molar-refractivity contribution in [3.63, 3.8) is 0 Å². The second kappa shape index (κ2) is 5.05. The Balaban J connectivity index is 1.97. The number of aromatic carboxylic acids is 1. The fourth-order valence-electron chi connectivity index (χ4n) is 2.54. The van der Waals surface area contributed by atoms with Crippen LogP contribution in [0.2, 0.25) is 0 Å². The first-order chi connectivity index (χ1) is 10.1. The van der Waals surface area contributed by atoms with Gasteiger partial charge < -0.3 is 9.67 Å². The van der Waals surface area contributed by atoms with Crippen LogP contribution in [-0.4, -0.2) is 15.6 Å². The largest absolute Gasteiger partial charge is 0.478 e. The number of carboxylic acid groups (broad SMARTS) is 1. The maximum atomic E-state index is 13.7. The van der Waals surface area contributed by atoms with Crippen molar-refractivity contribution < 1.29 is 14.3 Å². The summed E-state index contributed by atoms with van der Waals surface area (Å²) in [5.74, 6) is -1.95. The molecule has 0 aliphatic rings. The topological polar surface area (TPSA) is 42.2 Å². The zero-order valence-corrected chi connectivity index (χ0v) is 11.5. The van der Waals surface area contributed by atoms with Crippen molar-refractivity contribution in [2.75, 3.05) is 0 Å². The van der Waals surface area contributed by atoms with E-state index in [1.165, 1.54) is 23.1 Å². The predicted molar refractivity (Wildman–Crippen MR) is 79.1 cm³/mol. The normalized spacial score (nSPS) is 11.0. The highest BCUT2D eigenvalue weighted by molar-refractivity contribution is 5.88. The van der Waals surface area contributed by atoms with Crippen molar-refractivity contribution in [2.24, 2.45) is 0 Å². The molecule has 21 heavy (non-hydrogen) atoms. The van der Waals surface area contributed by atoms with E-state index in [2.05, 4.69) is 0 Å². The Morgan fingerprint density at radius 2 is 2.05 bits per heavy atom. The number of hydrogen-bond acceptors (Lipinski definition) is 1. The standard InChI is InChI=1S/C17H14FNO2/c1-11-3-2-4-16-13(11)7-8-19(16)10-12-5-6-14(17(20)21)15(18)9-12/h2-9H,10H2,1H3,(H,20,21). The van der Waals surface area contributed by atoms with Gasteiger partial charge in [-0.25, -0.2) is 9.18 Å². The Bertz CT molecular complexity index is 836. The Labute approximate surface area is 121 Å². The van der Waals surface area contributed by atoms with Crippen LogP contribution in [0.15, 0.2) is 48.7 Å². The molecule has 4 heteroatoms. The molecule has 0 aliphatic heterocycles. The number of halogens is 1. The summed E-state index contributed by atoms with van der Waals surface area (Å²) in [5, 5.41) is 10.0. The number of hydrogen-bond donors (Lipinski definition) is 1. The first kappa shape index (κ1) is 13.4. The lowest BCUT2D eigenvalue weighted by molar-refractivity contribution is 0.0692. The fourth-order valence-corrected chi connectivity index (χ4v) is 2.54. The number of carbonyl (C=O) groups is 1. The number of aromatic nitrogens is 1. The van der Waals surface area contributed by atoms with Gasteiger partial charge in [0.25, 0.3) is 0 Å². The molecule has 0 atom stereocenters. The number of aryl methyl sites for hydroxylation is 1. The van der Waals surface area contributed by atoms with Crippen LogP contribution in [0, 0.1) is 12.7 Å². The van der Waals surface area contributed by atoms with Crippen LogP contribution in [0.5, 0.6) is 0 Å². The van der Waals surface area contributed by atoms with Crippen molar-refractivity contribution in [2.45, 2.75) is 13.5 Å². The molecule has 0 fully saturated rings. The third kappa shape index (κ3) is 2.40. The third-order valence-corrected chi connectivity index (χ3v) is 3.65. The maximum Gasteiger partial charge on any atom is 0.338 e. The van der Waals surface area contributed by atoms with E-state index in [-0.39, 0.29) is 5.56 Å². The molecule has 3 aromatic rings. The SMILES string of the molecule is Cc1cccc2c1ccn2Cc1ccc(C(=O)O)c(F)c1. The van der Waals surface area contributed by atoms with Crippen molar-refractivity contribution in [1.82, 2.24) is 4.57 Å². The molecular weight excluding hydrogens is 269 g/mol. The molecule has 0 spiro atoms. The molecule has 1 aromatic heterocycles. The summed E-state index contributed by atoms with van der Waals surface area (Å²) in [7, 11) is 0. The molecule has 2 aromatic carbocycles. The summed E-state index contributed by atoms with van der Waals surface area (Å²) in [6, 6.07) is 12.3. The molecule has 0 radical (unpaired) electrons. The average Bonchev–Trinajstić information content (AvgIpc) is 2.83. The molecule has 1 heterocycles. The molecule has 3 rings (SSSR count). The van der Waals surface area contributed by atoms with Crippen LogP contribution in [-0.2, 0) is 6.54 Å². The molecule has 0 saturated heterocycles. The smallest absolute Gasteiger partial charge is 0.338 e. The molecule has 0 amide bonds. The van der Waals surface area contributed by atoms with Gasteiger partial charge in [0.15, 0.2) is 0 Å². The van der Waals surface area contributed by atoms with Gasteiger partial charge in [-0.3, -0.25) is 0 Å². The van der Waals surface area contributed by atoms with Crippen LogP contribution in [0.1, 0.15) is 21.5 Å². The van der Waals surface area contributed by atoms with Gasteiger partial charge in [0.1, 0.15) is 5.82 Å². The van der Waals surface area contributed by atoms with E-state index in [1.54, 1.807) is 6.07 Å². The van der Waals surface area contributed by atoms with Crippen LogP contribution in [0.25, 0.3) is 10.9 Å². The van der Waals surface area contributed by atoms with Crippen LogP contribution < -0.4 is 0 Å². The fraction of sp³-hybridized carbons (Fsp3) is 0.118. The van der Waals surface area contributed by atoms with Gasteiger partial charge in [-0.2, -0.15) is 0 Å². The second-order valence-electron chi connectivity index (χ2n) is 5.07. The van der Waals surface area contributed by atoms with Crippen molar-refractivity contribution in [1.29, 1.82) is 0 Å². The number of fused-ring (bicyclic) bond motifs is 1. The van der Waals surface area contributed by atoms with E-state index < -0.39 is 11.8 Å². The van der Waals surface area contributed by atoms with Crippen LogP contribution >= 0.6 is 0 Å². The first-order valence-corrected chi connectivity index (χ1v) is 6.62. The van der Waals surface area contributed by atoms with Gasteiger partial charge in [-0.05, 0) is 42.3 Å². The molecule has 0 saturated carbocycles. The predicted octanol–water partition coefficient (Wildman–Crippen LogP) is 3.84. The molecule has 0 bridgehead atoms. The van der Waals surface area contributed by atoms with E-state index >= 15 is 0 Å². The molecule has 3 nitrogen and oxygen atoms in total. The maximum absolute atomic E-state index is 13.7. The van der Waals surface area contributed by atoms with Gasteiger partial charge in [-0.1, -0.05) is 18.2 Å². The highest BCUT2D eigenvalue weighted by atomic mass is 19.1. The third-order valence-electron chi connectivity index (χ3n) is 3.65. The van der Waals surface area contributed by atoms with Crippen molar-refractivity contribution in [3.8, 4) is 0 Å². The minimum Gasteiger partial charge on any atom is -0.478 e. The average molecular weight is 283 g/mol. The Kier molecular flexibility index (Phi) is 3.22. The van der Waals surface area contributed by atoms with E-state index in [4.69, 9.17) is 5.11 Å². The summed E-state index contributed by atoms with van der Waals surface area (Å²) < 4.78 is 15.7. The lowest BCUT2D eigenvalue weighted by atomic mass is 10.1. The summed E-state index contributed by atoms with van der Waals surface area (Å²) in [4.78, 5) is 10.8. The quantitative estimate of drug-likeness (QED) is 0.793. The molecule has 0 aliphatic carbocycles. The van der Waals surface area contributed by atoms with Crippen molar-refractivity contribution in [3.05, 3.63) is 71.2 Å². The highest BCUT2D eigenvalue weighted by Gasteiger charge is 2.11. The zero-order valence-electron chi connectivity index (χ0n) is 11.5. The number of carboxylic acids is 1. The van der Waals surface area contributed by atoms with Gasteiger partial charge in [0, 0.05) is 23.6 Å². The lowest BCUT2D eigenvalue weighted by Crippen LogP contribution is -2.03. The van der Waals surface area contributed by atoms with E-state index in [1.807, 2.05) is 42.0 Å². The Morgan fingerprint density at radius 3 is 2.76 bits per heavy atom. The summed E-state index contributed by atoms with van der Waals surface area (Å²) in [6.07, 6.45) is 1.96. The number of benzene rings is 2. The van der Waals surface area contributed by atoms with Gasteiger partial charge in [0.05, 0.1) is 5.56 Å². The van der Waals surface area contributed by atoms with Crippen LogP contribution in [0.4, 0.5) is 4.39 Å². The van der Waals surface area contributed by atoms with E-state index in [0.717, 1.165) is 11.1 Å². The minimum atomic E-state index is -1.25.